The molecule has 78 heavy (non-hydrogen) atoms. The highest BCUT2D eigenvalue weighted by molar-refractivity contribution is 6.27. The topological polar surface area (TPSA) is 253 Å². The number of furan rings is 2. The molecule has 8 aromatic heterocycles. The van der Waals surface area contributed by atoms with E-state index in [2.05, 4.69) is 39.5 Å². The number of hydrogen-bond donors (Lipinski definition) is 4. The molecule has 0 amide bonds. The lowest BCUT2D eigenvalue weighted by Crippen LogP contribution is -2.29. The minimum atomic E-state index is -1.82. The number of carboxylic acid groups (broad SMARTS) is 2. The zero-order valence-corrected chi connectivity index (χ0v) is 42.9. The van der Waals surface area contributed by atoms with Crippen LogP contribution in [-0.4, -0.2) is 112 Å². The van der Waals surface area contributed by atoms with Gasteiger partial charge < -0.3 is 48.3 Å². The molecule has 10 heterocycles. The fourth-order valence-electron chi connectivity index (χ4n) is 10.1. The van der Waals surface area contributed by atoms with Crippen LogP contribution in [0.1, 0.15) is 61.2 Å². The van der Waals surface area contributed by atoms with E-state index in [1.807, 2.05) is 109 Å². The molecule has 2 unspecified atom stereocenters. The van der Waals surface area contributed by atoms with Crippen LogP contribution >= 0.6 is 0 Å². The van der Waals surface area contributed by atoms with Gasteiger partial charge in [0.1, 0.15) is 33.7 Å². The number of anilines is 2. The Labute approximate surface area is 447 Å². The molecule has 0 bridgehead atoms. The van der Waals surface area contributed by atoms with Gasteiger partial charge in [0, 0.05) is 72.6 Å². The van der Waals surface area contributed by atoms with E-state index >= 15 is 0 Å². The van der Waals surface area contributed by atoms with Gasteiger partial charge in [0.15, 0.2) is 11.3 Å². The largest absolute Gasteiger partial charge is 0.473 e. The maximum Gasteiger partial charge on any atom is 0.414 e. The molecule has 12 rings (SSSR count). The second kappa shape index (κ2) is 24.9. The summed E-state index contributed by atoms with van der Waals surface area (Å²) in [6.07, 6.45) is 14.7. The van der Waals surface area contributed by atoms with Gasteiger partial charge in [0.2, 0.25) is 11.9 Å². The highest BCUT2D eigenvalue weighted by atomic mass is 16.4. The van der Waals surface area contributed by atoms with Crippen molar-refractivity contribution >= 4 is 68.1 Å². The number of hydrogen-bond acceptors (Lipinski definition) is 16. The first-order valence-electron chi connectivity index (χ1n) is 26.2. The van der Waals surface area contributed by atoms with Gasteiger partial charge in [0.05, 0.1) is 25.6 Å². The zero-order chi connectivity index (χ0) is 53.8. The number of pyridine rings is 2. The Bertz CT molecular complexity index is 3490. The average molecular weight is 1060 g/mol. The Morgan fingerprint density at radius 2 is 1.00 bits per heavy atom. The first-order valence-corrected chi connectivity index (χ1v) is 26.2. The van der Waals surface area contributed by atoms with Crippen LogP contribution in [0.4, 0.5) is 11.9 Å². The Morgan fingerprint density at radius 3 is 1.42 bits per heavy atom. The molecule has 0 radical (unpaired) electrons. The number of benzene rings is 2. The Hall–Kier alpha value is -8.88. The van der Waals surface area contributed by atoms with Gasteiger partial charge in [-0.15, -0.1) is 0 Å². The highest BCUT2D eigenvalue weighted by Gasteiger charge is 2.23. The van der Waals surface area contributed by atoms with Crippen LogP contribution in [-0.2, 0) is 35.5 Å². The molecule has 2 atom stereocenters. The number of rotatable bonds is 14. The van der Waals surface area contributed by atoms with Crippen LogP contribution < -0.4 is 21.9 Å². The molecule has 0 spiro atoms. The van der Waals surface area contributed by atoms with Crippen molar-refractivity contribution < 1.29 is 37.5 Å². The number of nitrogens with one attached hydrogen (secondary N) is 2. The number of aliphatic carboxylic acids is 2. The first kappa shape index (κ1) is 52.6. The minimum absolute atomic E-state index is 0.230. The van der Waals surface area contributed by atoms with Crippen molar-refractivity contribution in [2.45, 2.75) is 76.5 Å². The molecule has 0 aliphatic carbocycles. The molecular weight excluding hydrogens is 997 g/mol. The first-order chi connectivity index (χ1) is 38.1. The number of likely N-dealkylation sites (tertiary alicyclic amines) is 2. The summed E-state index contributed by atoms with van der Waals surface area (Å²) in [5.41, 5.74) is 5.75. The number of carbonyl (C=O) groups is 2. The second-order valence-corrected chi connectivity index (χ2v) is 19.4. The van der Waals surface area contributed by atoms with Crippen LogP contribution in [0, 0.1) is 0 Å². The van der Waals surface area contributed by atoms with E-state index in [1.165, 1.54) is 0 Å². The number of fused-ring (bicyclic) bond motifs is 4. The summed E-state index contributed by atoms with van der Waals surface area (Å²) >= 11 is 0. The molecule has 402 valence electrons. The number of carboxylic acids is 2. The predicted octanol–water partition coefficient (Wildman–Crippen LogP) is 8.53. The van der Waals surface area contributed by atoms with Gasteiger partial charge in [-0.3, -0.25) is 9.13 Å². The summed E-state index contributed by atoms with van der Waals surface area (Å²) in [7, 11) is 0. The quantitative estimate of drug-likeness (QED) is 0.0588. The van der Waals surface area contributed by atoms with Gasteiger partial charge in [-0.2, -0.15) is 0 Å². The second-order valence-electron chi connectivity index (χ2n) is 19.4. The maximum atomic E-state index is 12.4. The van der Waals surface area contributed by atoms with Gasteiger partial charge >= 0.3 is 23.2 Å². The SMILES string of the molecule is O=C(O)C(=O)O.O=c1oc2ccccc2cc1CCN1CCCC(Nc2nc3cccnc3n2Cc2ccco2)CC1.O=c1oc2ccccc2cc1CCN1CCCC(Nc2nc3cccnc3n2Cc2ccco2)CC1. The van der Waals surface area contributed by atoms with E-state index in [1.54, 1.807) is 24.9 Å². The molecular formula is C58H60N10O10. The maximum absolute atomic E-state index is 12.4. The highest BCUT2D eigenvalue weighted by Crippen LogP contribution is 2.26. The van der Waals surface area contributed by atoms with E-state index in [0.29, 0.717) is 49.2 Å². The third-order valence-corrected chi connectivity index (χ3v) is 14.1. The Balaban J connectivity index is 0.000000160. The zero-order valence-electron chi connectivity index (χ0n) is 42.9. The molecule has 2 aliphatic heterocycles. The fraction of sp³-hybridized carbons (Fsp3) is 0.310. The number of aromatic nitrogens is 6. The molecule has 2 fully saturated rings. The third-order valence-electron chi connectivity index (χ3n) is 14.1. The van der Waals surface area contributed by atoms with E-state index in [9.17, 15) is 9.59 Å². The number of imidazole rings is 2. The summed E-state index contributed by atoms with van der Waals surface area (Å²) in [5.74, 6) is -0.258. The Morgan fingerprint density at radius 1 is 0.551 bits per heavy atom. The van der Waals surface area contributed by atoms with Crippen LogP contribution in [0.3, 0.4) is 0 Å². The van der Waals surface area contributed by atoms with E-state index in [0.717, 1.165) is 145 Å². The van der Waals surface area contributed by atoms with Crippen molar-refractivity contribution in [1.29, 1.82) is 0 Å². The molecule has 20 heteroatoms. The molecule has 2 aliphatic rings. The van der Waals surface area contributed by atoms with Crippen molar-refractivity contribution in [3.05, 3.63) is 178 Å². The smallest absolute Gasteiger partial charge is 0.414 e. The predicted molar refractivity (Wildman–Crippen MR) is 294 cm³/mol. The van der Waals surface area contributed by atoms with Crippen molar-refractivity contribution in [3.8, 4) is 0 Å². The summed E-state index contributed by atoms with van der Waals surface area (Å²) < 4.78 is 26.4. The standard InChI is InChI=1S/2C28H29N5O3.C2H2O4/c2*34-27-21(18-20-6-1-2-10-25(20)36-27)11-15-32-14-4-7-22(12-16-32)30-28-31-24-9-3-13-29-26(24)33(28)19-23-8-5-17-35-23;3-1(4)2(5)6/h2*1-3,5-6,8-10,13,17-18,22H,4,7,11-12,14-16,19H2,(H,30,31);(H,3,4)(H,5,6). The van der Waals surface area contributed by atoms with Gasteiger partial charge in [0.25, 0.3) is 0 Å². The van der Waals surface area contributed by atoms with Gasteiger partial charge in [-0.05, 0) is 137 Å². The Kier molecular flexibility index (Phi) is 16.7. The molecule has 0 saturated carbocycles. The van der Waals surface area contributed by atoms with Gasteiger partial charge in [-0.25, -0.2) is 39.1 Å². The molecule has 4 N–H and O–H groups in total. The lowest BCUT2D eigenvalue weighted by atomic mass is 10.1. The summed E-state index contributed by atoms with van der Waals surface area (Å²) in [5, 5.41) is 24.1. The van der Waals surface area contributed by atoms with Crippen LogP contribution in [0.2, 0.25) is 0 Å². The van der Waals surface area contributed by atoms with E-state index in [4.69, 9.17) is 47.4 Å². The summed E-state index contributed by atoms with van der Waals surface area (Å²) in [6, 6.07) is 35.5. The minimum Gasteiger partial charge on any atom is -0.473 e. The molecule has 2 aromatic carbocycles. The van der Waals surface area contributed by atoms with Crippen LogP contribution in [0.5, 0.6) is 0 Å². The van der Waals surface area contributed by atoms with Crippen LogP contribution in [0.15, 0.2) is 161 Å². The van der Waals surface area contributed by atoms with Crippen molar-refractivity contribution in [3.63, 3.8) is 0 Å². The lowest BCUT2D eigenvalue weighted by Gasteiger charge is -2.20. The molecule has 10 aromatic rings. The summed E-state index contributed by atoms with van der Waals surface area (Å²) in [6.45, 7) is 6.81. The molecule has 20 nitrogen and oxygen atoms in total. The summed E-state index contributed by atoms with van der Waals surface area (Å²) in [4.78, 5) is 66.8. The van der Waals surface area contributed by atoms with E-state index < -0.39 is 11.9 Å². The van der Waals surface area contributed by atoms with Crippen LogP contribution in [0.25, 0.3) is 44.3 Å². The van der Waals surface area contributed by atoms with Crippen molar-refractivity contribution in [2.75, 3.05) is 49.9 Å². The van der Waals surface area contributed by atoms with Gasteiger partial charge in [-0.1, -0.05) is 36.4 Å². The average Bonchev–Trinajstić information content (AvgIpc) is 4.31. The third kappa shape index (κ3) is 13.2. The van der Waals surface area contributed by atoms with Crippen molar-refractivity contribution in [1.82, 2.24) is 38.9 Å². The fourth-order valence-corrected chi connectivity index (χ4v) is 10.1. The molecule has 2 saturated heterocycles. The number of para-hydroxylation sites is 2. The van der Waals surface area contributed by atoms with E-state index in [-0.39, 0.29) is 11.3 Å². The normalized spacial score (nSPS) is 16.2. The monoisotopic (exact) mass is 1060 g/mol. The number of nitrogens with zero attached hydrogens (tertiary/aromatic N) is 8. The lowest BCUT2D eigenvalue weighted by molar-refractivity contribution is -0.159. The van der Waals surface area contributed by atoms with Crippen molar-refractivity contribution in [2.24, 2.45) is 0 Å².